The van der Waals surface area contributed by atoms with Crippen molar-refractivity contribution in [3.63, 3.8) is 0 Å². The molecule has 0 aliphatic carbocycles. The Morgan fingerprint density at radius 2 is 1.97 bits per heavy atom. The van der Waals surface area contributed by atoms with Gasteiger partial charge in [-0.2, -0.15) is 0 Å². The summed E-state index contributed by atoms with van der Waals surface area (Å²) in [6, 6.07) is 12.2. The zero-order valence-corrected chi connectivity index (χ0v) is 19.2. The number of nitrogens with one attached hydrogen (secondary N) is 1. The summed E-state index contributed by atoms with van der Waals surface area (Å²) in [7, 11) is 0. The van der Waals surface area contributed by atoms with Crippen LogP contribution in [0.25, 0.3) is 11.6 Å². The molecule has 8 heteroatoms. The number of benzene rings is 1. The van der Waals surface area contributed by atoms with Gasteiger partial charge < -0.3 is 14.5 Å². The molecule has 0 unspecified atom stereocenters. The van der Waals surface area contributed by atoms with E-state index < -0.39 is 0 Å². The molecule has 4 heterocycles. The minimum atomic E-state index is -0.141. The van der Waals surface area contributed by atoms with Gasteiger partial charge in [-0.25, -0.2) is 9.78 Å². The summed E-state index contributed by atoms with van der Waals surface area (Å²) in [5.41, 5.74) is 4.29. The van der Waals surface area contributed by atoms with E-state index in [-0.39, 0.29) is 11.9 Å². The number of nitrogens with zero attached hydrogens (tertiary/aromatic N) is 4. The number of morpholine rings is 1. The summed E-state index contributed by atoms with van der Waals surface area (Å²) >= 11 is 0. The Labute approximate surface area is 199 Å². The fourth-order valence-corrected chi connectivity index (χ4v) is 4.47. The van der Waals surface area contributed by atoms with Crippen molar-refractivity contribution < 1.29 is 14.3 Å². The molecular weight excluding hydrogens is 430 g/mol. The fourth-order valence-electron chi connectivity index (χ4n) is 4.47. The zero-order valence-electron chi connectivity index (χ0n) is 19.2. The third-order valence-electron chi connectivity index (χ3n) is 6.42. The first-order valence-corrected chi connectivity index (χ1v) is 11.7. The summed E-state index contributed by atoms with van der Waals surface area (Å²) < 4.78 is 5.39. The number of hydrogen-bond donors (Lipinski definition) is 1. The number of urea groups is 1. The van der Waals surface area contributed by atoms with Crippen LogP contribution in [0.2, 0.25) is 0 Å². The van der Waals surface area contributed by atoms with Crippen LogP contribution in [0.4, 0.5) is 10.6 Å². The van der Waals surface area contributed by atoms with Crippen molar-refractivity contribution in [3.05, 3.63) is 71.4 Å². The largest absolute Gasteiger partial charge is 0.379 e. The highest BCUT2D eigenvalue weighted by atomic mass is 16.5. The summed E-state index contributed by atoms with van der Waals surface area (Å²) in [6.07, 6.45) is 8.08. The van der Waals surface area contributed by atoms with E-state index in [1.807, 2.05) is 29.2 Å². The number of carbonyl (C=O) groups excluding carboxylic acids is 2. The van der Waals surface area contributed by atoms with Crippen LogP contribution in [0.1, 0.15) is 23.1 Å². The van der Waals surface area contributed by atoms with Gasteiger partial charge in [-0.15, -0.1) is 0 Å². The number of carbonyl (C=O) groups is 2. The Hall–Kier alpha value is -3.49. The van der Waals surface area contributed by atoms with Gasteiger partial charge in [0.2, 0.25) is 5.91 Å². The SMILES string of the molecule is O=C(C=Cc1cnc2c(c1)CN(CN1CCOCC1)C(=O)N2)N1CC=C(c2ccccc2)CC1. The molecule has 1 aromatic heterocycles. The van der Waals surface area contributed by atoms with E-state index in [2.05, 4.69) is 33.4 Å². The molecule has 0 saturated carbocycles. The topological polar surface area (TPSA) is 78.0 Å². The molecule has 1 aromatic carbocycles. The van der Waals surface area contributed by atoms with Gasteiger partial charge in [0.1, 0.15) is 5.82 Å². The van der Waals surface area contributed by atoms with Gasteiger partial charge in [0.15, 0.2) is 0 Å². The summed E-state index contributed by atoms with van der Waals surface area (Å²) in [6.45, 7) is 5.37. The molecule has 5 rings (SSSR count). The van der Waals surface area contributed by atoms with Gasteiger partial charge in [-0.05, 0) is 35.3 Å². The lowest BCUT2D eigenvalue weighted by molar-refractivity contribution is -0.125. The molecule has 0 atom stereocenters. The van der Waals surface area contributed by atoms with Gasteiger partial charge in [0.25, 0.3) is 0 Å². The minimum absolute atomic E-state index is 0.0108. The second-order valence-corrected chi connectivity index (χ2v) is 8.74. The Morgan fingerprint density at radius 1 is 1.15 bits per heavy atom. The van der Waals surface area contributed by atoms with Gasteiger partial charge in [-0.3, -0.25) is 15.0 Å². The quantitative estimate of drug-likeness (QED) is 0.696. The highest BCUT2D eigenvalue weighted by molar-refractivity contribution is 5.93. The van der Waals surface area contributed by atoms with Crippen LogP contribution in [0.3, 0.4) is 0 Å². The van der Waals surface area contributed by atoms with Crippen molar-refractivity contribution in [2.24, 2.45) is 0 Å². The Bertz CT molecular complexity index is 1110. The van der Waals surface area contributed by atoms with Crippen LogP contribution >= 0.6 is 0 Å². The van der Waals surface area contributed by atoms with E-state index in [4.69, 9.17) is 4.74 Å². The molecule has 0 spiro atoms. The number of pyridine rings is 1. The number of anilines is 1. The second-order valence-electron chi connectivity index (χ2n) is 8.74. The predicted molar refractivity (Wildman–Crippen MR) is 131 cm³/mol. The average Bonchev–Trinajstić information content (AvgIpc) is 2.89. The number of amides is 3. The second kappa shape index (κ2) is 10.2. The van der Waals surface area contributed by atoms with Crippen LogP contribution < -0.4 is 5.32 Å². The van der Waals surface area contributed by atoms with Gasteiger partial charge in [-0.1, -0.05) is 36.4 Å². The Morgan fingerprint density at radius 3 is 2.74 bits per heavy atom. The van der Waals surface area contributed by atoms with E-state index in [0.717, 1.165) is 30.6 Å². The maximum atomic E-state index is 12.7. The molecule has 1 saturated heterocycles. The van der Waals surface area contributed by atoms with Gasteiger partial charge >= 0.3 is 6.03 Å². The molecule has 1 fully saturated rings. The number of rotatable bonds is 5. The molecule has 0 radical (unpaired) electrons. The Kier molecular flexibility index (Phi) is 6.69. The highest BCUT2D eigenvalue weighted by Gasteiger charge is 2.26. The third kappa shape index (κ3) is 5.18. The smallest absolute Gasteiger partial charge is 0.324 e. The van der Waals surface area contributed by atoms with Crippen molar-refractivity contribution in [2.45, 2.75) is 13.0 Å². The van der Waals surface area contributed by atoms with E-state index in [0.29, 0.717) is 45.3 Å². The molecule has 3 aliphatic rings. The van der Waals surface area contributed by atoms with Crippen molar-refractivity contribution in [3.8, 4) is 0 Å². The summed E-state index contributed by atoms with van der Waals surface area (Å²) in [4.78, 5) is 35.4. The van der Waals surface area contributed by atoms with Gasteiger partial charge in [0.05, 0.1) is 26.4 Å². The number of aromatic nitrogens is 1. The monoisotopic (exact) mass is 459 g/mol. The average molecular weight is 460 g/mol. The van der Waals surface area contributed by atoms with E-state index >= 15 is 0 Å². The molecule has 1 N–H and O–H groups in total. The highest BCUT2D eigenvalue weighted by Crippen LogP contribution is 2.24. The van der Waals surface area contributed by atoms with Crippen LogP contribution in [0.5, 0.6) is 0 Å². The fraction of sp³-hybridized carbons (Fsp3) is 0.346. The standard InChI is InChI=1S/C26H29N5O3/c32-24(30-10-8-22(9-11-30)21-4-2-1-3-5-21)7-6-20-16-23-18-31(19-29-12-14-34-15-13-29)26(33)28-25(23)27-17-20/h1-8,16-17H,9-15,18-19H2,(H,27,28,33). The predicted octanol–water partition coefficient (Wildman–Crippen LogP) is 3.05. The first kappa shape index (κ1) is 22.3. The molecule has 176 valence electrons. The number of hydrogen-bond acceptors (Lipinski definition) is 5. The lowest BCUT2D eigenvalue weighted by Crippen LogP contribution is -2.48. The van der Waals surface area contributed by atoms with E-state index in [1.54, 1.807) is 23.2 Å². The van der Waals surface area contributed by atoms with E-state index in [9.17, 15) is 9.59 Å². The lowest BCUT2D eigenvalue weighted by Gasteiger charge is -2.35. The molecule has 34 heavy (non-hydrogen) atoms. The van der Waals surface area contributed by atoms with Crippen molar-refractivity contribution in [1.82, 2.24) is 19.7 Å². The normalized spacial score (nSPS) is 19.1. The van der Waals surface area contributed by atoms with Crippen LogP contribution in [0.15, 0.2) is 54.7 Å². The first-order valence-electron chi connectivity index (χ1n) is 11.7. The summed E-state index contributed by atoms with van der Waals surface area (Å²) in [5.74, 6) is 0.574. The number of fused-ring (bicyclic) bond motifs is 1. The van der Waals surface area contributed by atoms with Gasteiger partial charge in [0, 0.05) is 44.0 Å². The van der Waals surface area contributed by atoms with Crippen molar-refractivity contribution in [2.75, 3.05) is 51.4 Å². The molecule has 0 bridgehead atoms. The maximum Gasteiger partial charge on any atom is 0.324 e. The zero-order chi connectivity index (χ0) is 23.3. The number of ether oxygens (including phenoxy) is 1. The minimum Gasteiger partial charge on any atom is -0.379 e. The maximum absolute atomic E-state index is 12.7. The molecular formula is C26H29N5O3. The summed E-state index contributed by atoms with van der Waals surface area (Å²) in [5, 5.41) is 2.87. The van der Waals surface area contributed by atoms with Crippen LogP contribution in [-0.2, 0) is 16.1 Å². The lowest BCUT2D eigenvalue weighted by atomic mass is 9.99. The van der Waals surface area contributed by atoms with E-state index in [1.165, 1.54) is 11.1 Å². The van der Waals surface area contributed by atoms with Crippen LogP contribution in [0, 0.1) is 0 Å². The van der Waals surface area contributed by atoms with Crippen molar-refractivity contribution >= 4 is 29.4 Å². The Balaban J connectivity index is 1.20. The van der Waals surface area contributed by atoms with Crippen molar-refractivity contribution in [1.29, 1.82) is 0 Å². The van der Waals surface area contributed by atoms with Crippen LogP contribution in [-0.4, -0.2) is 77.7 Å². The first-order chi connectivity index (χ1) is 16.7. The third-order valence-corrected chi connectivity index (χ3v) is 6.42. The molecule has 8 nitrogen and oxygen atoms in total. The molecule has 2 aromatic rings. The molecule has 3 aliphatic heterocycles. The molecule has 3 amide bonds.